The lowest BCUT2D eigenvalue weighted by molar-refractivity contribution is 0.0950. The molecule has 0 saturated heterocycles. The number of carbonyl (C=O) groups excluding carboxylic acids is 1. The number of hydrazone groups is 1. The van der Waals surface area contributed by atoms with E-state index in [9.17, 15) is 4.79 Å². The van der Waals surface area contributed by atoms with Crippen LogP contribution in [0.1, 0.15) is 29.8 Å². The zero-order chi connectivity index (χ0) is 15.1. The van der Waals surface area contributed by atoms with Crippen molar-refractivity contribution in [3.05, 3.63) is 65.7 Å². The lowest BCUT2D eigenvalue weighted by Crippen LogP contribution is -2.19. The van der Waals surface area contributed by atoms with Crippen LogP contribution in [0.25, 0.3) is 0 Å². The number of ether oxygens (including phenoxy) is 1. The van der Waals surface area contributed by atoms with E-state index in [1.807, 2.05) is 50.2 Å². The number of hydrogen-bond acceptors (Lipinski definition) is 3. The summed E-state index contributed by atoms with van der Waals surface area (Å²) in [4.78, 5) is 12.1. The molecule has 0 aliphatic heterocycles. The standard InChI is InChI=1S/C17H18N2O2/c1-13(2)18-19-17(20)15-10-6-7-11-16(15)21-12-14-8-4-3-5-9-14/h3-11H,12H2,1-2H3,(H,19,20). The van der Waals surface area contributed by atoms with Gasteiger partial charge >= 0.3 is 0 Å². The average molecular weight is 282 g/mol. The van der Waals surface area contributed by atoms with Crippen LogP contribution in [0.15, 0.2) is 59.7 Å². The first-order valence-corrected chi connectivity index (χ1v) is 6.74. The van der Waals surface area contributed by atoms with Gasteiger partial charge in [0.1, 0.15) is 12.4 Å². The van der Waals surface area contributed by atoms with E-state index in [0.717, 1.165) is 11.3 Å². The predicted octanol–water partition coefficient (Wildman–Crippen LogP) is 3.39. The molecule has 0 aliphatic rings. The molecule has 0 spiro atoms. The predicted molar refractivity (Wildman–Crippen MR) is 83.5 cm³/mol. The number of nitrogens with zero attached hydrogens (tertiary/aromatic N) is 1. The summed E-state index contributed by atoms with van der Waals surface area (Å²) >= 11 is 0. The molecule has 0 saturated carbocycles. The molecular weight excluding hydrogens is 264 g/mol. The maximum absolute atomic E-state index is 12.1. The van der Waals surface area contributed by atoms with Crippen LogP contribution in [0.3, 0.4) is 0 Å². The normalized spacial score (nSPS) is 9.81. The lowest BCUT2D eigenvalue weighted by Gasteiger charge is -2.10. The summed E-state index contributed by atoms with van der Waals surface area (Å²) in [5.74, 6) is 0.266. The highest BCUT2D eigenvalue weighted by molar-refractivity contribution is 5.97. The molecule has 4 nitrogen and oxygen atoms in total. The second-order valence-corrected chi connectivity index (χ2v) is 4.77. The van der Waals surface area contributed by atoms with Crippen molar-refractivity contribution in [3.63, 3.8) is 0 Å². The van der Waals surface area contributed by atoms with Crippen molar-refractivity contribution < 1.29 is 9.53 Å². The molecule has 2 aromatic carbocycles. The molecule has 0 radical (unpaired) electrons. The largest absolute Gasteiger partial charge is 0.488 e. The van der Waals surface area contributed by atoms with Gasteiger partial charge in [-0.25, -0.2) is 5.43 Å². The number of para-hydroxylation sites is 1. The zero-order valence-corrected chi connectivity index (χ0v) is 12.2. The van der Waals surface area contributed by atoms with Crippen LogP contribution in [0.2, 0.25) is 0 Å². The Morgan fingerprint density at radius 3 is 2.43 bits per heavy atom. The van der Waals surface area contributed by atoms with Gasteiger partial charge in [0.15, 0.2) is 0 Å². The Labute approximate surface area is 124 Å². The smallest absolute Gasteiger partial charge is 0.275 e. The first-order valence-electron chi connectivity index (χ1n) is 6.74. The van der Waals surface area contributed by atoms with Gasteiger partial charge in [-0.05, 0) is 31.5 Å². The molecule has 21 heavy (non-hydrogen) atoms. The molecule has 0 heterocycles. The second-order valence-electron chi connectivity index (χ2n) is 4.77. The Kier molecular flexibility index (Phi) is 5.10. The quantitative estimate of drug-likeness (QED) is 0.675. The van der Waals surface area contributed by atoms with Crippen molar-refractivity contribution in [2.75, 3.05) is 0 Å². The minimum atomic E-state index is -0.278. The van der Waals surface area contributed by atoms with Crippen LogP contribution in [0.5, 0.6) is 5.75 Å². The molecule has 108 valence electrons. The van der Waals surface area contributed by atoms with E-state index in [1.54, 1.807) is 18.2 Å². The molecule has 0 aromatic heterocycles. The van der Waals surface area contributed by atoms with E-state index < -0.39 is 0 Å². The third kappa shape index (κ3) is 4.45. The van der Waals surface area contributed by atoms with Crippen molar-refractivity contribution in [1.82, 2.24) is 5.43 Å². The molecule has 4 heteroatoms. The molecule has 0 bridgehead atoms. The van der Waals surface area contributed by atoms with E-state index in [4.69, 9.17) is 4.74 Å². The monoisotopic (exact) mass is 282 g/mol. The highest BCUT2D eigenvalue weighted by Gasteiger charge is 2.11. The summed E-state index contributed by atoms with van der Waals surface area (Å²) in [5, 5.41) is 3.92. The molecule has 0 fully saturated rings. The maximum Gasteiger partial charge on any atom is 0.275 e. The Balaban J connectivity index is 2.10. The van der Waals surface area contributed by atoms with Crippen molar-refractivity contribution in [3.8, 4) is 5.75 Å². The number of carbonyl (C=O) groups is 1. The third-order valence-corrected chi connectivity index (χ3v) is 2.75. The highest BCUT2D eigenvalue weighted by atomic mass is 16.5. The minimum Gasteiger partial charge on any atom is -0.488 e. The Bertz CT molecular complexity index is 632. The highest BCUT2D eigenvalue weighted by Crippen LogP contribution is 2.19. The van der Waals surface area contributed by atoms with Gasteiger partial charge in [-0.3, -0.25) is 4.79 Å². The van der Waals surface area contributed by atoms with Crippen LogP contribution in [0, 0.1) is 0 Å². The molecule has 2 aromatic rings. The molecule has 2 rings (SSSR count). The number of benzene rings is 2. The van der Waals surface area contributed by atoms with Gasteiger partial charge in [-0.2, -0.15) is 5.10 Å². The Morgan fingerprint density at radius 1 is 1.05 bits per heavy atom. The van der Waals surface area contributed by atoms with Gasteiger partial charge < -0.3 is 4.74 Å². The SMILES string of the molecule is CC(C)=NNC(=O)c1ccccc1OCc1ccccc1. The average Bonchev–Trinajstić information content (AvgIpc) is 2.52. The van der Waals surface area contributed by atoms with Gasteiger partial charge in [0, 0.05) is 5.71 Å². The van der Waals surface area contributed by atoms with Crippen LogP contribution in [0.4, 0.5) is 0 Å². The molecule has 1 amide bonds. The Morgan fingerprint density at radius 2 is 1.71 bits per heavy atom. The first kappa shape index (κ1) is 14.8. The fraction of sp³-hybridized carbons (Fsp3) is 0.176. The molecule has 0 aliphatic carbocycles. The molecule has 1 N–H and O–H groups in total. The van der Waals surface area contributed by atoms with Crippen molar-refractivity contribution in [2.45, 2.75) is 20.5 Å². The van der Waals surface area contributed by atoms with E-state index in [-0.39, 0.29) is 5.91 Å². The lowest BCUT2D eigenvalue weighted by atomic mass is 10.2. The fourth-order valence-electron chi connectivity index (χ4n) is 1.74. The summed E-state index contributed by atoms with van der Waals surface area (Å²) in [6, 6.07) is 17.0. The summed E-state index contributed by atoms with van der Waals surface area (Å²) in [7, 11) is 0. The van der Waals surface area contributed by atoms with E-state index >= 15 is 0 Å². The maximum atomic E-state index is 12.1. The second kappa shape index (κ2) is 7.24. The molecular formula is C17H18N2O2. The van der Waals surface area contributed by atoms with Crippen molar-refractivity contribution in [1.29, 1.82) is 0 Å². The van der Waals surface area contributed by atoms with Crippen LogP contribution in [-0.2, 0) is 6.61 Å². The topological polar surface area (TPSA) is 50.7 Å². The fourth-order valence-corrected chi connectivity index (χ4v) is 1.74. The Hall–Kier alpha value is -2.62. The zero-order valence-electron chi connectivity index (χ0n) is 12.2. The van der Waals surface area contributed by atoms with Gasteiger partial charge in [0.2, 0.25) is 0 Å². The van der Waals surface area contributed by atoms with E-state index in [0.29, 0.717) is 17.9 Å². The third-order valence-electron chi connectivity index (χ3n) is 2.75. The molecule has 0 unspecified atom stereocenters. The number of amides is 1. The van der Waals surface area contributed by atoms with Gasteiger partial charge in [0.05, 0.1) is 5.56 Å². The molecule has 0 atom stereocenters. The number of hydrogen-bond donors (Lipinski definition) is 1. The van der Waals surface area contributed by atoms with Gasteiger partial charge in [-0.15, -0.1) is 0 Å². The number of rotatable bonds is 5. The van der Waals surface area contributed by atoms with Crippen LogP contribution >= 0.6 is 0 Å². The number of nitrogens with one attached hydrogen (secondary N) is 1. The van der Waals surface area contributed by atoms with Gasteiger partial charge in [0.25, 0.3) is 5.91 Å². The minimum absolute atomic E-state index is 0.278. The summed E-state index contributed by atoms with van der Waals surface area (Å²) in [5.41, 5.74) is 4.81. The van der Waals surface area contributed by atoms with E-state index in [2.05, 4.69) is 10.5 Å². The summed E-state index contributed by atoms with van der Waals surface area (Å²) in [6.07, 6.45) is 0. The van der Waals surface area contributed by atoms with Crippen molar-refractivity contribution in [2.24, 2.45) is 5.10 Å². The van der Waals surface area contributed by atoms with Crippen LogP contribution < -0.4 is 10.2 Å². The van der Waals surface area contributed by atoms with Crippen molar-refractivity contribution >= 4 is 11.6 Å². The van der Waals surface area contributed by atoms with E-state index in [1.165, 1.54) is 0 Å². The van der Waals surface area contributed by atoms with Gasteiger partial charge in [-0.1, -0.05) is 42.5 Å². The van der Waals surface area contributed by atoms with Crippen LogP contribution in [-0.4, -0.2) is 11.6 Å². The first-order chi connectivity index (χ1) is 10.2. The summed E-state index contributed by atoms with van der Waals surface area (Å²) < 4.78 is 5.74. The summed E-state index contributed by atoms with van der Waals surface area (Å²) in [6.45, 7) is 4.05.